The number of fused-ring (bicyclic) bond motifs is 3. The van der Waals surface area contributed by atoms with Gasteiger partial charge in [0.2, 0.25) is 0 Å². The lowest BCUT2D eigenvalue weighted by atomic mass is 10.0. The van der Waals surface area contributed by atoms with E-state index in [-0.39, 0.29) is 0 Å². The van der Waals surface area contributed by atoms with Crippen molar-refractivity contribution in [3.63, 3.8) is 0 Å². The van der Waals surface area contributed by atoms with E-state index < -0.39 is 0 Å². The van der Waals surface area contributed by atoms with Gasteiger partial charge in [0.1, 0.15) is 5.65 Å². The van der Waals surface area contributed by atoms with Crippen molar-refractivity contribution in [3.8, 4) is 51.0 Å². The van der Waals surface area contributed by atoms with Gasteiger partial charge >= 0.3 is 0 Å². The molecule has 0 saturated heterocycles. The van der Waals surface area contributed by atoms with E-state index in [1.54, 1.807) is 0 Å². The molecule has 5 heteroatoms. The van der Waals surface area contributed by atoms with Crippen molar-refractivity contribution in [2.24, 2.45) is 0 Å². The van der Waals surface area contributed by atoms with Crippen LogP contribution in [0, 0.1) is 0 Å². The standard InChI is InChI=1S/C38H25N5/c1-4-12-26(13-5-1)35-40-36(27-14-6-2-7-15-27)42-37(41-35)30-17-10-16-28(24-30)29-21-22-34-33(25-29)32-20-11-23-39-38(32)43(34)31-18-8-3-9-19-31/h1-25H. The first kappa shape index (κ1) is 24.8. The van der Waals surface area contributed by atoms with E-state index >= 15 is 0 Å². The minimum absolute atomic E-state index is 0.639. The lowest BCUT2D eigenvalue weighted by Crippen LogP contribution is -2.00. The summed E-state index contributed by atoms with van der Waals surface area (Å²) in [6, 6.07) is 49.7. The molecule has 5 nitrogen and oxygen atoms in total. The molecular weight excluding hydrogens is 526 g/mol. The van der Waals surface area contributed by atoms with Gasteiger partial charge in [-0.15, -0.1) is 0 Å². The van der Waals surface area contributed by atoms with Crippen molar-refractivity contribution < 1.29 is 0 Å². The van der Waals surface area contributed by atoms with Gasteiger partial charge in [-0.1, -0.05) is 103 Å². The second-order valence-corrected chi connectivity index (χ2v) is 10.4. The minimum atomic E-state index is 0.639. The average Bonchev–Trinajstić information content (AvgIpc) is 3.43. The van der Waals surface area contributed by atoms with Crippen LogP contribution in [0.25, 0.3) is 72.9 Å². The molecule has 0 aliphatic carbocycles. The number of aromatic nitrogens is 5. The van der Waals surface area contributed by atoms with Gasteiger partial charge < -0.3 is 0 Å². The Morgan fingerprint density at radius 2 is 0.953 bits per heavy atom. The first-order chi connectivity index (χ1) is 21.3. The van der Waals surface area contributed by atoms with Crippen molar-refractivity contribution in [3.05, 3.63) is 152 Å². The highest BCUT2D eigenvalue weighted by molar-refractivity contribution is 6.09. The van der Waals surface area contributed by atoms with E-state index in [4.69, 9.17) is 19.9 Å². The summed E-state index contributed by atoms with van der Waals surface area (Å²) in [6.07, 6.45) is 1.85. The quantitative estimate of drug-likeness (QED) is 0.214. The van der Waals surface area contributed by atoms with E-state index in [2.05, 4.69) is 77.4 Å². The number of para-hydroxylation sites is 1. The van der Waals surface area contributed by atoms with Crippen molar-refractivity contribution in [2.75, 3.05) is 0 Å². The van der Waals surface area contributed by atoms with E-state index in [1.165, 1.54) is 0 Å². The monoisotopic (exact) mass is 551 g/mol. The van der Waals surface area contributed by atoms with Crippen molar-refractivity contribution >= 4 is 21.9 Å². The van der Waals surface area contributed by atoms with Crippen LogP contribution in [0.4, 0.5) is 0 Å². The lowest BCUT2D eigenvalue weighted by Gasteiger charge is -2.10. The van der Waals surface area contributed by atoms with Gasteiger partial charge in [0.05, 0.1) is 5.52 Å². The third kappa shape index (κ3) is 4.53. The highest BCUT2D eigenvalue weighted by atomic mass is 15.0. The van der Waals surface area contributed by atoms with Crippen molar-refractivity contribution in [1.29, 1.82) is 0 Å². The summed E-state index contributed by atoms with van der Waals surface area (Å²) in [5, 5.41) is 2.28. The summed E-state index contributed by atoms with van der Waals surface area (Å²) in [6.45, 7) is 0. The maximum absolute atomic E-state index is 4.93. The van der Waals surface area contributed by atoms with E-state index in [1.807, 2.05) is 79.0 Å². The number of nitrogens with zero attached hydrogens (tertiary/aromatic N) is 5. The lowest BCUT2D eigenvalue weighted by molar-refractivity contribution is 1.07. The smallest absolute Gasteiger partial charge is 0.164 e. The van der Waals surface area contributed by atoms with Crippen LogP contribution in [0.15, 0.2) is 152 Å². The molecule has 0 aliphatic heterocycles. The first-order valence-corrected chi connectivity index (χ1v) is 14.2. The third-order valence-electron chi connectivity index (χ3n) is 7.69. The molecule has 0 atom stereocenters. The minimum Gasteiger partial charge on any atom is -0.294 e. The SMILES string of the molecule is c1ccc(-c2nc(-c3ccccc3)nc(-c3cccc(-c4ccc5c(c4)c4cccnc4n5-c4ccccc4)c3)n2)cc1. The summed E-state index contributed by atoms with van der Waals surface area (Å²) >= 11 is 0. The van der Waals surface area contributed by atoms with Gasteiger partial charge in [-0.05, 0) is 53.6 Å². The number of rotatable bonds is 5. The Bertz CT molecular complexity index is 2170. The van der Waals surface area contributed by atoms with Gasteiger partial charge in [-0.25, -0.2) is 19.9 Å². The Balaban J connectivity index is 1.27. The molecule has 3 heterocycles. The Morgan fingerprint density at radius 1 is 0.395 bits per heavy atom. The van der Waals surface area contributed by atoms with Gasteiger partial charge in [-0.3, -0.25) is 4.57 Å². The van der Waals surface area contributed by atoms with E-state index in [0.717, 1.165) is 55.4 Å². The molecule has 0 saturated carbocycles. The second kappa shape index (κ2) is 10.5. The fraction of sp³-hybridized carbons (Fsp3) is 0. The van der Waals surface area contributed by atoms with Crippen LogP contribution in [0.5, 0.6) is 0 Å². The molecular formula is C38H25N5. The summed E-state index contributed by atoms with van der Waals surface area (Å²) in [5.41, 5.74) is 8.20. The summed E-state index contributed by atoms with van der Waals surface area (Å²) < 4.78 is 2.23. The van der Waals surface area contributed by atoms with Crippen LogP contribution < -0.4 is 0 Å². The molecule has 5 aromatic carbocycles. The molecule has 8 rings (SSSR count). The Kier molecular flexibility index (Phi) is 6.05. The molecule has 43 heavy (non-hydrogen) atoms. The number of pyridine rings is 1. The molecule has 0 N–H and O–H groups in total. The molecule has 0 bridgehead atoms. The summed E-state index contributed by atoms with van der Waals surface area (Å²) in [7, 11) is 0. The van der Waals surface area contributed by atoms with Gasteiger partial charge in [0, 0.05) is 39.3 Å². The maximum atomic E-state index is 4.93. The van der Waals surface area contributed by atoms with Crippen LogP contribution in [-0.4, -0.2) is 24.5 Å². The molecule has 0 unspecified atom stereocenters. The van der Waals surface area contributed by atoms with E-state index in [9.17, 15) is 0 Å². The van der Waals surface area contributed by atoms with Crippen LogP contribution in [0.3, 0.4) is 0 Å². The Morgan fingerprint density at radius 3 is 1.63 bits per heavy atom. The zero-order valence-electron chi connectivity index (χ0n) is 23.2. The predicted octanol–water partition coefficient (Wildman–Crippen LogP) is 9.03. The summed E-state index contributed by atoms with van der Waals surface area (Å²) in [4.78, 5) is 19.5. The number of hydrogen-bond acceptors (Lipinski definition) is 4. The van der Waals surface area contributed by atoms with E-state index in [0.29, 0.717) is 17.5 Å². The zero-order valence-corrected chi connectivity index (χ0v) is 23.2. The largest absolute Gasteiger partial charge is 0.294 e. The molecule has 0 spiro atoms. The zero-order chi connectivity index (χ0) is 28.6. The topological polar surface area (TPSA) is 56.5 Å². The molecule has 202 valence electrons. The highest BCUT2D eigenvalue weighted by Crippen LogP contribution is 2.35. The van der Waals surface area contributed by atoms with Gasteiger partial charge in [-0.2, -0.15) is 0 Å². The fourth-order valence-corrected chi connectivity index (χ4v) is 5.64. The Hall–Kier alpha value is -5.94. The van der Waals surface area contributed by atoms with Crippen molar-refractivity contribution in [2.45, 2.75) is 0 Å². The summed E-state index contributed by atoms with van der Waals surface area (Å²) in [5.74, 6) is 1.94. The highest BCUT2D eigenvalue weighted by Gasteiger charge is 2.16. The van der Waals surface area contributed by atoms with Gasteiger partial charge in [0.15, 0.2) is 17.5 Å². The third-order valence-corrected chi connectivity index (χ3v) is 7.69. The fourth-order valence-electron chi connectivity index (χ4n) is 5.64. The van der Waals surface area contributed by atoms with Crippen LogP contribution in [0.2, 0.25) is 0 Å². The molecule has 0 fully saturated rings. The van der Waals surface area contributed by atoms with Crippen molar-refractivity contribution in [1.82, 2.24) is 24.5 Å². The van der Waals surface area contributed by atoms with Crippen LogP contribution >= 0.6 is 0 Å². The molecule has 3 aromatic heterocycles. The number of benzene rings is 5. The molecule has 8 aromatic rings. The maximum Gasteiger partial charge on any atom is 0.164 e. The first-order valence-electron chi connectivity index (χ1n) is 14.2. The molecule has 0 aliphatic rings. The van der Waals surface area contributed by atoms with Crippen LogP contribution in [-0.2, 0) is 0 Å². The van der Waals surface area contributed by atoms with Crippen LogP contribution in [0.1, 0.15) is 0 Å². The number of hydrogen-bond donors (Lipinski definition) is 0. The normalized spacial score (nSPS) is 11.3. The van der Waals surface area contributed by atoms with Gasteiger partial charge in [0.25, 0.3) is 0 Å². The average molecular weight is 552 g/mol. The molecule has 0 amide bonds. The Labute approximate surface area is 248 Å². The second-order valence-electron chi connectivity index (χ2n) is 10.4. The predicted molar refractivity (Wildman–Crippen MR) is 174 cm³/mol. The molecule has 0 radical (unpaired) electrons.